The lowest BCUT2D eigenvalue weighted by Crippen LogP contribution is -2.50. The molecule has 2 aliphatic carbocycles. The molecule has 5 aliphatic rings. The van der Waals surface area contributed by atoms with E-state index in [1.807, 2.05) is 12.1 Å². The Morgan fingerprint density at radius 1 is 1.11 bits per heavy atom. The number of aryl methyl sites for hydroxylation is 1. The molecule has 4 atom stereocenters. The molecule has 1 amide bonds. The van der Waals surface area contributed by atoms with Crippen molar-refractivity contribution in [2.45, 2.75) is 74.4 Å². The molecule has 1 saturated carbocycles. The van der Waals surface area contributed by atoms with Crippen molar-refractivity contribution in [3.05, 3.63) is 64.7 Å². The molecule has 1 spiro atoms. The molecule has 3 heterocycles. The van der Waals surface area contributed by atoms with Crippen molar-refractivity contribution in [2.24, 2.45) is 11.8 Å². The summed E-state index contributed by atoms with van der Waals surface area (Å²) in [6, 6.07) is 11.1. The van der Waals surface area contributed by atoms with Crippen LogP contribution in [0.2, 0.25) is 5.02 Å². The number of benzene rings is 2. The first kappa shape index (κ1) is 32.9. The van der Waals surface area contributed by atoms with E-state index in [4.69, 9.17) is 25.8 Å². The molecule has 2 fully saturated rings. The van der Waals surface area contributed by atoms with Gasteiger partial charge in [-0.3, -0.25) is 4.79 Å². The summed E-state index contributed by atoms with van der Waals surface area (Å²) in [5.41, 5.74) is 1.60. The van der Waals surface area contributed by atoms with Crippen LogP contribution in [-0.2, 0) is 36.1 Å². The summed E-state index contributed by atoms with van der Waals surface area (Å²) in [5, 5.41) is 0.736. The zero-order chi connectivity index (χ0) is 32.8. The molecule has 1 N–H and O–H groups in total. The molecular formula is C36H46ClN3O6S. The van der Waals surface area contributed by atoms with E-state index in [0.29, 0.717) is 37.3 Å². The zero-order valence-electron chi connectivity index (χ0n) is 27.4. The summed E-state index contributed by atoms with van der Waals surface area (Å²) in [7, 11) is -4.18. The van der Waals surface area contributed by atoms with Crippen LogP contribution in [0.15, 0.2) is 53.4 Å². The lowest BCUT2D eigenvalue weighted by atomic mass is 9.68. The molecule has 2 aromatic rings. The van der Waals surface area contributed by atoms with E-state index in [1.54, 1.807) is 26.0 Å². The standard InChI is InChI=1S/C36H46ClN3O6S/c1-35(2)34(41)38-47(42,43)28-10-13-33-31(21-28)40(23-36(24-45-33)14-3-6-25-20-27(37)9-12-30(25)36)22-26-8-11-29(26)32(7-4-18-46-35)44-19-17-39-15-5-16-39/h4,7,9-10,12-13,20-21,26,29,32H,3,5-6,8,11,14-19,22-24H2,1-2H3,(H,38,41)/b7-4+/t26-,29+,32-,36-/m0/s1. The van der Waals surface area contributed by atoms with Gasteiger partial charge in [0.15, 0.2) is 0 Å². The Morgan fingerprint density at radius 2 is 1.96 bits per heavy atom. The van der Waals surface area contributed by atoms with E-state index in [-0.39, 0.29) is 23.0 Å². The molecule has 7 rings (SSSR count). The summed E-state index contributed by atoms with van der Waals surface area (Å²) >= 11 is 6.44. The molecule has 2 bridgehead atoms. The van der Waals surface area contributed by atoms with Crippen LogP contribution in [0.5, 0.6) is 5.75 Å². The highest BCUT2D eigenvalue weighted by atomic mass is 35.5. The van der Waals surface area contributed by atoms with Crippen LogP contribution in [0, 0.1) is 11.8 Å². The Morgan fingerprint density at radius 3 is 2.72 bits per heavy atom. The van der Waals surface area contributed by atoms with Crippen molar-refractivity contribution in [3.8, 4) is 5.75 Å². The summed E-state index contributed by atoms with van der Waals surface area (Å²) in [4.78, 5) is 18.0. The van der Waals surface area contributed by atoms with Crippen LogP contribution < -0.4 is 14.4 Å². The molecule has 1 saturated heterocycles. The third-order valence-electron chi connectivity index (χ3n) is 11.0. The molecule has 0 aromatic heterocycles. The van der Waals surface area contributed by atoms with Gasteiger partial charge in [-0.25, -0.2) is 13.1 Å². The van der Waals surface area contributed by atoms with Crippen LogP contribution in [0.25, 0.3) is 0 Å². The highest BCUT2D eigenvalue weighted by Crippen LogP contribution is 2.47. The minimum Gasteiger partial charge on any atom is -0.490 e. The van der Waals surface area contributed by atoms with E-state index in [2.05, 4.69) is 32.7 Å². The Kier molecular flexibility index (Phi) is 9.10. The second-order valence-corrected chi connectivity index (χ2v) is 16.6. The van der Waals surface area contributed by atoms with Crippen molar-refractivity contribution in [1.29, 1.82) is 0 Å². The number of nitrogens with zero attached hydrogens (tertiary/aromatic N) is 2. The largest absolute Gasteiger partial charge is 0.490 e. The molecular weight excluding hydrogens is 638 g/mol. The topological polar surface area (TPSA) is 97.4 Å². The van der Waals surface area contributed by atoms with E-state index in [1.165, 1.54) is 23.6 Å². The van der Waals surface area contributed by atoms with Crippen LogP contribution in [0.3, 0.4) is 0 Å². The molecule has 9 nitrogen and oxygen atoms in total. The van der Waals surface area contributed by atoms with Crippen molar-refractivity contribution in [2.75, 3.05) is 57.4 Å². The van der Waals surface area contributed by atoms with Crippen LogP contribution in [-0.4, -0.2) is 83.5 Å². The number of halogens is 1. The van der Waals surface area contributed by atoms with Crippen LogP contribution in [0.4, 0.5) is 5.69 Å². The second kappa shape index (κ2) is 13.0. The molecule has 11 heteroatoms. The van der Waals surface area contributed by atoms with Gasteiger partial charge in [-0.2, -0.15) is 0 Å². The van der Waals surface area contributed by atoms with Gasteiger partial charge in [0.25, 0.3) is 15.9 Å². The minimum atomic E-state index is -4.18. The Balaban J connectivity index is 1.26. The molecule has 254 valence electrons. The van der Waals surface area contributed by atoms with Gasteiger partial charge < -0.3 is 24.0 Å². The molecule has 0 unspecified atom stereocenters. The smallest absolute Gasteiger partial charge is 0.265 e. The van der Waals surface area contributed by atoms with E-state index >= 15 is 0 Å². The maximum absolute atomic E-state index is 13.6. The third kappa shape index (κ3) is 6.69. The Bertz CT molecular complexity index is 1640. The number of hydrogen-bond donors (Lipinski definition) is 1. The molecule has 47 heavy (non-hydrogen) atoms. The number of sulfonamides is 1. The average Bonchev–Trinajstić information content (AvgIpc) is 3.14. The van der Waals surface area contributed by atoms with E-state index < -0.39 is 21.5 Å². The first-order chi connectivity index (χ1) is 22.5. The summed E-state index contributed by atoms with van der Waals surface area (Å²) in [5.74, 6) is 0.574. The molecule has 2 aromatic carbocycles. The monoisotopic (exact) mass is 683 g/mol. The van der Waals surface area contributed by atoms with Crippen LogP contribution in [0.1, 0.15) is 57.1 Å². The average molecular weight is 684 g/mol. The normalized spacial score (nSPS) is 30.8. The first-order valence-electron chi connectivity index (χ1n) is 17.1. The number of anilines is 1. The summed E-state index contributed by atoms with van der Waals surface area (Å²) in [6.07, 6.45) is 10.2. The maximum atomic E-state index is 13.6. The highest BCUT2D eigenvalue weighted by molar-refractivity contribution is 7.90. The Hall–Kier alpha value is -2.63. The van der Waals surface area contributed by atoms with Gasteiger partial charge in [0.05, 0.1) is 36.5 Å². The fourth-order valence-corrected chi connectivity index (χ4v) is 9.18. The quantitative estimate of drug-likeness (QED) is 0.445. The highest BCUT2D eigenvalue weighted by Gasteiger charge is 2.45. The minimum absolute atomic E-state index is 0.0186. The van der Waals surface area contributed by atoms with Crippen molar-refractivity contribution in [1.82, 2.24) is 9.62 Å². The number of carbonyl (C=O) groups is 1. The van der Waals surface area contributed by atoms with E-state index in [0.717, 1.165) is 69.0 Å². The van der Waals surface area contributed by atoms with Crippen molar-refractivity contribution >= 4 is 33.2 Å². The molecule has 0 radical (unpaired) electrons. The van der Waals surface area contributed by atoms with Gasteiger partial charge in [0.1, 0.15) is 11.4 Å². The predicted molar refractivity (Wildman–Crippen MR) is 182 cm³/mol. The Labute approximate surface area is 283 Å². The zero-order valence-corrected chi connectivity index (χ0v) is 29.0. The number of nitrogens with one attached hydrogen (secondary N) is 1. The predicted octanol–water partition coefficient (Wildman–Crippen LogP) is 5.10. The number of hydrogen-bond acceptors (Lipinski definition) is 8. The van der Waals surface area contributed by atoms with Gasteiger partial charge in [0, 0.05) is 30.1 Å². The molecule has 3 aliphatic heterocycles. The fourth-order valence-electron chi connectivity index (χ4n) is 7.86. The summed E-state index contributed by atoms with van der Waals surface area (Å²) in [6.45, 7) is 9.09. The van der Waals surface area contributed by atoms with Crippen molar-refractivity contribution < 1.29 is 27.4 Å². The lowest BCUT2D eigenvalue weighted by Gasteiger charge is -2.46. The number of rotatable bonds is 4. The number of amides is 1. The van der Waals surface area contributed by atoms with Gasteiger partial charge >= 0.3 is 0 Å². The van der Waals surface area contributed by atoms with Gasteiger partial charge in [-0.1, -0.05) is 29.8 Å². The fraction of sp³-hybridized carbons (Fsp3) is 0.583. The third-order valence-corrected chi connectivity index (χ3v) is 12.5. The summed E-state index contributed by atoms with van der Waals surface area (Å²) < 4.78 is 48.6. The number of ether oxygens (including phenoxy) is 3. The number of fused-ring (bicyclic) bond motifs is 4. The first-order valence-corrected chi connectivity index (χ1v) is 18.9. The van der Waals surface area contributed by atoms with Crippen molar-refractivity contribution in [3.63, 3.8) is 0 Å². The number of likely N-dealkylation sites (tertiary alicyclic amines) is 1. The maximum Gasteiger partial charge on any atom is 0.265 e. The second-order valence-electron chi connectivity index (χ2n) is 14.5. The van der Waals surface area contributed by atoms with Gasteiger partial charge in [0.2, 0.25) is 0 Å². The van der Waals surface area contributed by atoms with Crippen LogP contribution >= 0.6 is 11.6 Å². The SMILES string of the molecule is CC1(C)OC/C=C/[C@H](OCCN2CCC2)[C@@H]2CC[C@H]2CN2C[C@@]3(CCCc4cc(Cl)ccc43)COc3ccc(cc32)S(=O)(=O)NC1=O. The number of carbonyl (C=O) groups excluding carboxylic acids is 1. The van der Waals surface area contributed by atoms with Gasteiger partial charge in [-0.15, -0.1) is 0 Å². The lowest BCUT2D eigenvalue weighted by molar-refractivity contribution is -0.139. The van der Waals surface area contributed by atoms with Gasteiger partial charge in [-0.05, 0) is 119 Å². The van der Waals surface area contributed by atoms with E-state index in [9.17, 15) is 13.2 Å².